The van der Waals surface area contributed by atoms with Crippen molar-refractivity contribution < 1.29 is 14.4 Å². The highest BCUT2D eigenvalue weighted by atomic mass is 35.5. The Bertz CT molecular complexity index is 532. The van der Waals surface area contributed by atoms with Gasteiger partial charge in [-0.1, -0.05) is 29.8 Å². The van der Waals surface area contributed by atoms with E-state index in [0.29, 0.717) is 5.02 Å². The van der Waals surface area contributed by atoms with Gasteiger partial charge in [0.05, 0.1) is 15.7 Å². The Hall–Kier alpha value is -1.72. The molecule has 2 amide bonds. The summed E-state index contributed by atoms with van der Waals surface area (Å²) in [4.78, 5) is 28.1. The van der Waals surface area contributed by atoms with Gasteiger partial charge >= 0.3 is 12.0 Å². The van der Waals surface area contributed by atoms with Crippen molar-refractivity contribution in [2.24, 2.45) is 0 Å². The number of carbonyl (C=O) groups is 2. The summed E-state index contributed by atoms with van der Waals surface area (Å²) < 4.78 is 0. The van der Waals surface area contributed by atoms with E-state index in [2.05, 4.69) is 11.9 Å². The van der Waals surface area contributed by atoms with E-state index < -0.39 is 12.0 Å². The standard InChI is InChI=1S/C12H12Cl2N2O3/c1-7(2)11(17)19-16(12(18)15-3)8-4-5-9(13)10(14)6-8/h4-6H,1H2,2-3H3,(H,15,18). The van der Waals surface area contributed by atoms with Crippen molar-refractivity contribution in [2.45, 2.75) is 6.92 Å². The topological polar surface area (TPSA) is 58.6 Å². The van der Waals surface area contributed by atoms with Gasteiger partial charge in [0, 0.05) is 12.6 Å². The molecule has 1 aromatic rings. The van der Waals surface area contributed by atoms with E-state index in [0.717, 1.165) is 5.06 Å². The van der Waals surface area contributed by atoms with Crippen LogP contribution in [0.1, 0.15) is 6.92 Å². The summed E-state index contributed by atoms with van der Waals surface area (Å²) in [5.74, 6) is -0.727. The smallest absolute Gasteiger partial charge is 0.338 e. The molecule has 1 N–H and O–H groups in total. The minimum atomic E-state index is -0.727. The molecular formula is C12H12Cl2N2O3. The zero-order valence-corrected chi connectivity index (χ0v) is 11.9. The van der Waals surface area contributed by atoms with Gasteiger partial charge in [0.25, 0.3) is 0 Å². The molecule has 0 saturated heterocycles. The third kappa shape index (κ3) is 3.87. The molecule has 102 valence electrons. The molecule has 0 radical (unpaired) electrons. The van der Waals surface area contributed by atoms with Gasteiger partial charge in [0.1, 0.15) is 0 Å². The Kier molecular flexibility index (Phi) is 5.20. The van der Waals surface area contributed by atoms with Gasteiger partial charge in [-0.05, 0) is 25.1 Å². The van der Waals surface area contributed by atoms with E-state index >= 15 is 0 Å². The second-order valence-electron chi connectivity index (χ2n) is 3.61. The number of hydrogen-bond donors (Lipinski definition) is 1. The largest absolute Gasteiger partial charge is 0.358 e. The first-order valence-corrected chi connectivity index (χ1v) is 5.97. The van der Waals surface area contributed by atoms with Crippen LogP contribution in [-0.4, -0.2) is 19.0 Å². The number of nitrogens with one attached hydrogen (secondary N) is 1. The molecule has 0 fully saturated rings. The fourth-order valence-corrected chi connectivity index (χ4v) is 1.38. The molecule has 0 aliphatic carbocycles. The molecule has 0 saturated carbocycles. The Labute approximate surface area is 120 Å². The summed E-state index contributed by atoms with van der Waals surface area (Å²) in [6.07, 6.45) is 0. The molecule has 0 aromatic heterocycles. The number of urea groups is 1. The van der Waals surface area contributed by atoms with Crippen LogP contribution in [0, 0.1) is 0 Å². The van der Waals surface area contributed by atoms with Gasteiger partial charge in [0.15, 0.2) is 0 Å². The Morgan fingerprint density at radius 2 is 1.95 bits per heavy atom. The predicted octanol–water partition coefficient (Wildman–Crippen LogP) is 3.17. The first-order chi connectivity index (χ1) is 8.86. The van der Waals surface area contributed by atoms with Crippen LogP contribution in [0.3, 0.4) is 0 Å². The molecule has 0 heterocycles. The molecular weight excluding hydrogens is 291 g/mol. The van der Waals surface area contributed by atoms with E-state index in [1.54, 1.807) is 0 Å². The van der Waals surface area contributed by atoms with Crippen molar-refractivity contribution in [1.29, 1.82) is 0 Å². The van der Waals surface area contributed by atoms with Gasteiger partial charge < -0.3 is 10.2 Å². The second-order valence-corrected chi connectivity index (χ2v) is 4.42. The van der Waals surface area contributed by atoms with E-state index in [4.69, 9.17) is 28.0 Å². The molecule has 1 rings (SSSR count). The SMILES string of the molecule is C=C(C)C(=O)ON(C(=O)NC)c1ccc(Cl)c(Cl)c1. The van der Waals surface area contributed by atoms with Gasteiger partial charge in [0.2, 0.25) is 0 Å². The van der Waals surface area contributed by atoms with Crippen molar-refractivity contribution in [3.63, 3.8) is 0 Å². The molecule has 5 nitrogen and oxygen atoms in total. The number of hydrogen-bond acceptors (Lipinski definition) is 3. The third-order valence-corrected chi connectivity index (χ3v) is 2.80. The molecule has 1 aromatic carbocycles. The lowest BCUT2D eigenvalue weighted by Crippen LogP contribution is -2.40. The highest BCUT2D eigenvalue weighted by Crippen LogP contribution is 2.27. The lowest BCUT2D eigenvalue weighted by atomic mass is 10.3. The van der Waals surface area contributed by atoms with Crippen molar-refractivity contribution >= 4 is 40.9 Å². The highest BCUT2D eigenvalue weighted by Gasteiger charge is 2.21. The van der Waals surface area contributed by atoms with E-state index in [1.165, 1.54) is 32.2 Å². The fraction of sp³-hybridized carbons (Fsp3) is 0.167. The molecule has 19 heavy (non-hydrogen) atoms. The van der Waals surface area contributed by atoms with Crippen molar-refractivity contribution in [3.05, 3.63) is 40.4 Å². The maximum Gasteiger partial charge on any atom is 0.358 e. The molecule has 0 unspecified atom stereocenters. The normalized spacial score (nSPS) is 9.68. The summed E-state index contributed by atoms with van der Waals surface area (Å²) in [5.41, 5.74) is 0.428. The van der Waals surface area contributed by atoms with Crippen molar-refractivity contribution in [3.8, 4) is 0 Å². The number of rotatable bonds is 2. The Morgan fingerprint density at radius 1 is 1.32 bits per heavy atom. The van der Waals surface area contributed by atoms with E-state index in [-0.39, 0.29) is 16.3 Å². The van der Waals surface area contributed by atoms with Crippen LogP contribution in [0.5, 0.6) is 0 Å². The first-order valence-electron chi connectivity index (χ1n) is 5.21. The highest BCUT2D eigenvalue weighted by molar-refractivity contribution is 6.42. The maximum absolute atomic E-state index is 11.7. The van der Waals surface area contributed by atoms with Crippen LogP contribution in [0.2, 0.25) is 10.0 Å². The number of halogens is 2. The summed E-state index contributed by atoms with van der Waals surface area (Å²) in [6, 6.07) is 3.76. The average molecular weight is 303 g/mol. The van der Waals surface area contributed by atoms with Gasteiger partial charge in [-0.2, -0.15) is 0 Å². The monoisotopic (exact) mass is 302 g/mol. The van der Waals surface area contributed by atoms with Gasteiger partial charge in [-0.25, -0.2) is 9.59 Å². The van der Waals surface area contributed by atoms with Crippen LogP contribution in [0.25, 0.3) is 0 Å². The van der Waals surface area contributed by atoms with Crippen molar-refractivity contribution in [2.75, 3.05) is 12.1 Å². The number of nitrogens with zero attached hydrogens (tertiary/aromatic N) is 1. The third-order valence-electron chi connectivity index (χ3n) is 2.06. The molecule has 7 heteroatoms. The first kappa shape index (κ1) is 15.3. The van der Waals surface area contributed by atoms with E-state index in [1.807, 2.05) is 0 Å². The summed E-state index contributed by atoms with van der Waals surface area (Å²) in [7, 11) is 1.40. The van der Waals surface area contributed by atoms with Crippen LogP contribution in [0.15, 0.2) is 30.4 Å². The minimum absolute atomic E-state index is 0.161. The average Bonchev–Trinajstić information content (AvgIpc) is 2.38. The summed E-state index contributed by atoms with van der Waals surface area (Å²) >= 11 is 11.6. The second kappa shape index (κ2) is 6.45. The summed E-state index contributed by atoms with van der Waals surface area (Å²) in [6.45, 7) is 4.91. The zero-order chi connectivity index (χ0) is 14.6. The van der Waals surface area contributed by atoms with Crippen molar-refractivity contribution in [1.82, 2.24) is 5.32 Å². The molecule has 0 atom stereocenters. The van der Waals surface area contributed by atoms with Gasteiger partial charge in [-0.3, -0.25) is 0 Å². The lowest BCUT2D eigenvalue weighted by molar-refractivity contribution is -0.139. The zero-order valence-electron chi connectivity index (χ0n) is 10.4. The number of amides is 2. The predicted molar refractivity (Wildman–Crippen MR) is 74.3 cm³/mol. The molecule has 0 aliphatic rings. The minimum Gasteiger partial charge on any atom is -0.338 e. The van der Waals surface area contributed by atoms with E-state index in [9.17, 15) is 9.59 Å². The van der Waals surface area contributed by atoms with Crippen LogP contribution in [0.4, 0.5) is 10.5 Å². The maximum atomic E-state index is 11.7. The van der Waals surface area contributed by atoms with Crippen LogP contribution >= 0.6 is 23.2 Å². The molecule has 0 bridgehead atoms. The van der Waals surface area contributed by atoms with Crippen LogP contribution in [-0.2, 0) is 9.63 Å². The Balaban J connectivity index is 3.09. The lowest BCUT2D eigenvalue weighted by Gasteiger charge is -2.20. The number of hydroxylamine groups is 1. The van der Waals surface area contributed by atoms with Gasteiger partial charge in [-0.15, -0.1) is 5.06 Å². The molecule has 0 aliphatic heterocycles. The quantitative estimate of drug-likeness (QED) is 0.674. The number of benzene rings is 1. The van der Waals surface area contributed by atoms with Crippen LogP contribution < -0.4 is 10.4 Å². The number of carbonyl (C=O) groups excluding carboxylic acids is 2. The molecule has 0 spiro atoms. The fourth-order valence-electron chi connectivity index (χ4n) is 1.09. The summed E-state index contributed by atoms with van der Waals surface area (Å²) in [5, 5.41) is 3.69. The number of anilines is 1. The Morgan fingerprint density at radius 3 is 2.42 bits per heavy atom.